The summed E-state index contributed by atoms with van der Waals surface area (Å²) in [7, 11) is 0. The minimum atomic E-state index is 0.452. The largest absolute Gasteiger partial charge is 0.282 e. The summed E-state index contributed by atoms with van der Waals surface area (Å²) in [5.41, 5.74) is 4.00. The molecule has 1 saturated carbocycles. The van der Waals surface area contributed by atoms with E-state index in [-0.39, 0.29) is 0 Å². The number of nitriles is 1. The molecule has 2 aliphatic carbocycles. The number of H-pyrrole nitrogens is 1. The predicted molar refractivity (Wildman–Crippen MR) is 56.5 cm³/mol. The maximum atomic E-state index is 8.85. The number of hydrogen-bond donors (Lipinski definition) is 1. The smallest absolute Gasteiger partial charge is 0.0691 e. The van der Waals surface area contributed by atoms with E-state index in [2.05, 4.69) is 16.3 Å². The zero-order valence-electron chi connectivity index (χ0n) is 8.79. The maximum Gasteiger partial charge on any atom is 0.0691 e. The molecule has 1 N–H and O–H groups in total. The van der Waals surface area contributed by atoms with Gasteiger partial charge in [-0.3, -0.25) is 5.10 Å². The van der Waals surface area contributed by atoms with Crippen LogP contribution >= 0.6 is 0 Å². The molecule has 78 valence electrons. The number of rotatable bonds is 2. The van der Waals surface area contributed by atoms with Gasteiger partial charge in [-0.05, 0) is 32.1 Å². The molecule has 0 saturated heterocycles. The van der Waals surface area contributed by atoms with E-state index >= 15 is 0 Å². The van der Waals surface area contributed by atoms with E-state index in [1.165, 1.54) is 42.6 Å². The fraction of sp³-hybridized carbons (Fsp3) is 0.667. The first-order valence-corrected chi connectivity index (χ1v) is 5.84. The van der Waals surface area contributed by atoms with Gasteiger partial charge in [0.05, 0.1) is 11.8 Å². The second kappa shape index (κ2) is 3.37. The Morgan fingerprint density at radius 3 is 3.00 bits per heavy atom. The van der Waals surface area contributed by atoms with E-state index in [0.717, 1.165) is 6.42 Å². The molecular formula is C12H15N3. The van der Waals surface area contributed by atoms with Crippen LogP contribution in [0.1, 0.15) is 60.9 Å². The van der Waals surface area contributed by atoms with Crippen molar-refractivity contribution in [2.75, 3.05) is 0 Å². The van der Waals surface area contributed by atoms with Gasteiger partial charge in [0.15, 0.2) is 0 Å². The molecule has 1 unspecified atom stereocenters. The van der Waals surface area contributed by atoms with Crippen LogP contribution in [0.25, 0.3) is 0 Å². The zero-order chi connectivity index (χ0) is 10.3. The van der Waals surface area contributed by atoms with Gasteiger partial charge in [0.25, 0.3) is 0 Å². The van der Waals surface area contributed by atoms with Crippen molar-refractivity contribution in [1.82, 2.24) is 10.2 Å². The number of aromatic nitrogens is 2. The fourth-order valence-corrected chi connectivity index (χ4v) is 2.70. The third kappa shape index (κ3) is 1.45. The van der Waals surface area contributed by atoms with Crippen LogP contribution in [0, 0.1) is 11.3 Å². The highest BCUT2D eigenvalue weighted by Crippen LogP contribution is 2.45. The van der Waals surface area contributed by atoms with Crippen LogP contribution in [-0.4, -0.2) is 10.2 Å². The summed E-state index contributed by atoms with van der Waals surface area (Å²) >= 11 is 0. The zero-order valence-corrected chi connectivity index (χ0v) is 8.79. The van der Waals surface area contributed by atoms with E-state index in [9.17, 15) is 0 Å². The molecule has 1 atom stereocenters. The van der Waals surface area contributed by atoms with Gasteiger partial charge >= 0.3 is 0 Å². The molecule has 1 heterocycles. The molecular weight excluding hydrogens is 186 g/mol. The third-order valence-corrected chi connectivity index (χ3v) is 3.60. The van der Waals surface area contributed by atoms with Gasteiger partial charge in [-0.1, -0.05) is 0 Å². The van der Waals surface area contributed by atoms with Gasteiger partial charge in [-0.15, -0.1) is 0 Å². The SMILES string of the molecule is N#CCC1CCCc2[nH]nc(C3CC3)c21. The van der Waals surface area contributed by atoms with Crippen molar-refractivity contribution in [1.29, 1.82) is 5.26 Å². The topological polar surface area (TPSA) is 52.5 Å². The van der Waals surface area contributed by atoms with Crippen molar-refractivity contribution in [2.45, 2.75) is 50.4 Å². The molecule has 0 radical (unpaired) electrons. The van der Waals surface area contributed by atoms with Gasteiger partial charge < -0.3 is 0 Å². The van der Waals surface area contributed by atoms with Crippen LogP contribution in [0.3, 0.4) is 0 Å². The lowest BCUT2D eigenvalue weighted by Crippen LogP contribution is -2.09. The van der Waals surface area contributed by atoms with E-state index in [1.54, 1.807) is 0 Å². The standard InChI is InChI=1S/C12H15N3/c13-7-6-8-2-1-3-10-11(8)12(15-14-10)9-4-5-9/h8-9H,1-6H2,(H,14,15). The molecule has 1 aromatic rings. The Hall–Kier alpha value is -1.30. The molecule has 1 aromatic heterocycles. The second-order valence-corrected chi connectivity index (χ2v) is 4.73. The highest BCUT2D eigenvalue weighted by Gasteiger charge is 2.34. The van der Waals surface area contributed by atoms with Gasteiger partial charge in [0.1, 0.15) is 0 Å². The highest BCUT2D eigenvalue weighted by atomic mass is 15.1. The Labute approximate surface area is 89.5 Å². The van der Waals surface area contributed by atoms with Gasteiger partial charge in [-0.25, -0.2) is 0 Å². The Kier molecular flexibility index (Phi) is 2.02. The van der Waals surface area contributed by atoms with Crippen LogP contribution in [0.15, 0.2) is 0 Å². The third-order valence-electron chi connectivity index (χ3n) is 3.60. The van der Waals surface area contributed by atoms with Crippen molar-refractivity contribution in [3.8, 4) is 6.07 Å². The number of nitrogens with one attached hydrogen (secondary N) is 1. The predicted octanol–water partition coefficient (Wildman–Crippen LogP) is 2.62. The van der Waals surface area contributed by atoms with Crippen LogP contribution in [0.5, 0.6) is 0 Å². The Bertz CT molecular complexity index is 409. The first-order valence-electron chi connectivity index (χ1n) is 5.84. The quantitative estimate of drug-likeness (QED) is 0.799. The lowest BCUT2D eigenvalue weighted by molar-refractivity contribution is 0.554. The Balaban J connectivity index is 1.99. The molecule has 1 fully saturated rings. The van der Waals surface area contributed by atoms with E-state index in [0.29, 0.717) is 18.3 Å². The molecule has 0 aliphatic heterocycles. The Morgan fingerprint density at radius 2 is 2.27 bits per heavy atom. The first-order chi connectivity index (χ1) is 7.40. The molecule has 0 spiro atoms. The molecule has 15 heavy (non-hydrogen) atoms. The van der Waals surface area contributed by atoms with Crippen LogP contribution in [-0.2, 0) is 6.42 Å². The molecule has 0 amide bonds. The summed E-state index contributed by atoms with van der Waals surface area (Å²) in [6.07, 6.45) is 6.72. The van der Waals surface area contributed by atoms with Crippen LogP contribution in [0.4, 0.5) is 0 Å². The minimum absolute atomic E-state index is 0.452. The number of nitrogens with zero attached hydrogens (tertiary/aromatic N) is 2. The van der Waals surface area contributed by atoms with Crippen molar-refractivity contribution in [3.05, 3.63) is 17.0 Å². The molecule has 3 nitrogen and oxygen atoms in total. The summed E-state index contributed by atoms with van der Waals surface area (Å²) in [5, 5.41) is 16.5. The van der Waals surface area contributed by atoms with Crippen molar-refractivity contribution >= 4 is 0 Å². The van der Waals surface area contributed by atoms with Gasteiger partial charge in [0, 0.05) is 29.5 Å². The van der Waals surface area contributed by atoms with E-state index in [4.69, 9.17) is 5.26 Å². The molecule has 3 rings (SSSR count). The normalized spacial score (nSPS) is 24.6. The van der Waals surface area contributed by atoms with Gasteiger partial charge in [0.2, 0.25) is 0 Å². The van der Waals surface area contributed by atoms with E-state index < -0.39 is 0 Å². The second-order valence-electron chi connectivity index (χ2n) is 4.73. The van der Waals surface area contributed by atoms with E-state index in [1.807, 2.05) is 0 Å². The lowest BCUT2D eigenvalue weighted by atomic mass is 9.83. The van der Waals surface area contributed by atoms with Crippen LogP contribution in [0.2, 0.25) is 0 Å². The summed E-state index contributed by atoms with van der Waals surface area (Å²) in [4.78, 5) is 0. The molecule has 0 aromatic carbocycles. The summed E-state index contributed by atoms with van der Waals surface area (Å²) < 4.78 is 0. The number of fused-ring (bicyclic) bond motifs is 1. The number of aromatic amines is 1. The number of aryl methyl sites for hydroxylation is 1. The van der Waals surface area contributed by atoms with Crippen molar-refractivity contribution in [3.63, 3.8) is 0 Å². The summed E-state index contributed by atoms with van der Waals surface area (Å²) in [6.45, 7) is 0. The maximum absolute atomic E-state index is 8.85. The van der Waals surface area contributed by atoms with Crippen molar-refractivity contribution in [2.24, 2.45) is 0 Å². The first kappa shape index (κ1) is 8.96. The minimum Gasteiger partial charge on any atom is -0.282 e. The van der Waals surface area contributed by atoms with Gasteiger partial charge in [-0.2, -0.15) is 10.4 Å². The number of hydrogen-bond acceptors (Lipinski definition) is 2. The molecule has 2 aliphatic rings. The Morgan fingerprint density at radius 1 is 1.40 bits per heavy atom. The van der Waals surface area contributed by atoms with Crippen molar-refractivity contribution < 1.29 is 0 Å². The summed E-state index contributed by atoms with van der Waals surface area (Å²) in [6, 6.07) is 2.31. The monoisotopic (exact) mass is 201 g/mol. The highest BCUT2D eigenvalue weighted by molar-refractivity contribution is 5.36. The summed E-state index contributed by atoms with van der Waals surface area (Å²) in [5.74, 6) is 1.15. The van der Waals surface area contributed by atoms with Crippen LogP contribution < -0.4 is 0 Å². The fourth-order valence-electron chi connectivity index (χ4n) is 2.70. The average molecular weight is 201 g/mol. The molecule has 0 bridgehead atoms. The lowest BCUT2D eigenvalue weighted by Gasteiger charge is -2.20. The average Bonchev–Trinajstić information content (AvgIpc) is 3.00. The molecule has 3 heteroatoms.